The van der Waals surface area contributed by atoms with Crippen molar-refractivity contribution in [3.8, 4) is 11.5 Å². The van der Waals surface area contributed by atoms with Crippen LogP contribution in [-0.2, 0) is 16.6 Å². The zero-order chi connectivity index (χ0) is 30.8. The number of alkyl halides is 1. The molecule has 0 aliphatic carbocycles. The van der Waals surface area contributed by atoms with Crippen LogP contribution in [0.25, 0.3) is 0 Å². The molecule has 2 aromatic rings. The number of aryl methyl sites for hydroxylation is 1. The largest absolute Gasteiger partial charge is 0.494 e. The number of benzene rings is 2. The first-order valence-corrected chi connectivity index (χ1v) is 17.7. The second-order valence-corrected chi connectivity index (χ2v) is 14.8. The van der Waals surface area contributed by atoms with Gasteiger partial charge < -0.3 is 14.2 Å². The number of hydrogen-bond donors (Lipinski definition) is 0. The van der Waals surface area contributed by atoms with Gasteiger partial charge in [0.1, 0.15) is 18.1 Å². The minimum Gasteiger partial charge on any atom is -0.494 e. The molecule has 0 radical (unpaired) electrons. The van der Waals surface area contributed by atoms with Gasteiger partial charge in [0.2, 0.25) is 0 Å². The fraction of sp³-hybridized carbons (Fsp3) is 0.684. The molecular formula is C38H61BrO3. The Balaban J connectivity index is 1.60. The summed E-state index contributed by atoms with van der Waals surface area (Å²) in [5.74, 6) is 3.28. The van der Waals surface area contributed by atoms with Crippen LogP contribution in [0.2, 0.25) is 0 Å². The van der Waals surface area contributed by atoms with E-state index in [4.69, 9.17) is 14.2 Å². The molecule has 4 heteroatoms. The summed E-state index contributed by atoms with van der Waals surface area (Å²) in [5, 5.41) is 1.12. The fourth-order valence-electron chi connectivity index (χ4n) is 6.18. The van der Waals surface area contributed by atoms with Crippen LogP contribution in [0.1, 0.15) is 117 Å². The number of unbranched alkanes of at least 4 members (excludes halogenated alkanes) is 4. The van der Waals surface area contributed by atoms with Gasteiger partial charge in [-0.25, -0.2) is 0 Å². The molecule has 0 fully saturated rings. The average Bonchev–Trinajstić information content (AvgIpc) is 2.94. The van der Waals surface area contributed by atoms with E-state index in [2.05, 4.69) is 113 Å². The highest BCUT2D eigenvalue weighted by Gasteiger charge is 2.27. The Hall–Kier alpha value is -1.52. The minimum absolute atomic E-state index is 0.151. The molecule has 0 amide bonds. The summed E-state index contributed by atoms with van der Waals surface area (Å²) >= 11 is 3.50. The van der Waals surface area contributed by atoms with E-state index in [0.29, 0.717) is 30.5 Å². The summed E-state index contributed by atoms with van der Waals surface area (Å²) < 4.78 is 17.9. The molecular weight excluding hydrogens is 584 g/mol. The smallest absolute Gasteiger partial charge is 0.119 e. The molecule has 0 spiro atoms. The average molecular weight is 646 g/mol. The summed E-state index contributed by atoms with van der Waals surface area (Å²) in [6.07, 6.45) is 12.1. The van der Waals surface area contributed by atoms with E-state index >= 15 is 0 Å². The standard InChI is InChI=1S/C38H61BrO3/c1-8-33(31(2)14-15-32-16-20-35(21-17-32)41-26-13-11-9-10-12-25-39)24-27-40-28-29-42-36-22-18-34(19-23-36)38(6,7)30-37(3,4)5/h16-23,31,33H,8-15,24-30H2,1-7H3. The van der Waals surface area contributed by atoms with E-state index in [1.807, 2.05) is 0 Å². The van der Waals surface area contributed by atoms with Crippen LogP contribution < -0.4 is 9.47 Å². The quantitative estimate of drug-likeness (QED) is 0.0942. The number of hydrogen-bond acceptors (Lipinski definition) is 3. The molecule has 2 aromatic carbocycles. The third-order valence-corrected chi connectivity index (χ3v) is 8.99. The lowest BCUT2D eigenvalue weighted by Crippen LogP contribution is -2.24. The molecule has 0 aliphatic rings. The number of rotatable bonds is 22. The Morgan fingerprint density at radius 2 is 1.29 bits per heavy atom. The van der Waals surface area contributed by atoms with Crippen molar-refractivity contribution in [1.29, 1.82) is 0 Å². The molecule has 0 saturated heterocycles. The van der Waals surface area contributed by atoms with Gasteiger partial charge in [0.25, 0.3) is 0 Å². The maximum absolute atomic E-state index is 5.97. The van der Waals surface area contributed by atoms with Gasteiger partial charge in [0.05, 0.1) is 13.2 Å². The molecule has 3 nitrogen and oxygen atoms in total. The fourth-order valence-corrected chi connectivity index (χ4v) is 6.57. The van der Waals surface area contributed by atoms with Gasteiger partial charge in [0, 0.05) is 11.9 Å². The highest BCUT2D eigenvalue weighted by atomic mass is 79.9. The molecule has 0 aromatic heterocycles. The van der Waals surface area contributed by atoms with Gasteiger partial charge in [-0.2, -0.15) is 0 Å². The summed E-state index contributed by atoms with van der Waals surface area (Å²) in [4.78, 5) is 0. The Labute approximate surface area is 267 Å². The van der Waals surface area contributed by atoms with Crippen molar-refractivity contribution in [3.05, 3.63) is 59.7 Å². The SMILES string of the molecule is CCC(CCOCCOc1ccc(C(C)(C)CC(C)(C)C)cc1)C(C)CCc1ccc(OCCCCCCCBr)cc1. The van der Waals surface area contributed by atoms with Gasteiger partial charge in [0.15, 0.2) is 0 Å². The number of halogens is 1. The lowest BCUT2D eigenvalue weighted by molar-refractivity contribution is 0.0833. The van der Waals surface area contributed by atoms with Crippen LogP contribution in [-0.4, -0.2) is 31.8 Å². The van der Waals surface area contributed by atoms with Crippen molar-refractivity contribution in [3.63, 3.8) is 0 Å². The molecule has 0 saturated carbocycles. The second-order valence-electron chi connectivity index (χ2n) is 14.0. The lowest BCUT2D eigenvalue weighted by atomic mass is 9.72. The van der Waals surface area contributed by atoms with E-state index < -0.39 is 0 Å². The van der Waals surface area contributed by atoms with Crippen molar-refractivity contribution in [2.24, 2.45) is 17.3 Å². The summed E-state index contributed by atoms with van der Waals surface area (Å²) in [6, 6.07) is 17.4. The Kier molecular flexibility index (Phi) is 17.2. The first kappa shape index (κ1) is 36.7. The maximum atomic E-state index is 5.97. The molecule has 2 rings (SSSR count). The van der Waals surface area contributed by atoms with Gasteiger partial charge in [-0.1, -0.05) is 114 Å². The van der Waals surface area contributed by atoms with Crippen LogP contribution in [0.5, 0.6) is 11.5 Å². The molecule has 42 heavy (non-hydrogen) atoms. The second kappa shape index (κ2) is 19.7. The maximum Gasteiger partial charge on any atom is 0.119 e. The van der Waals surface area contributed by atoms with Crippen molar-refractivity contribution in [1.82, 2.24) is 0 Å². The molecule has 0 N–H and O–H groups in total. The van der Waals surface area contributed by atoms with Crippen molar-refractivity contribution in [2.45, 2.75) is 118 Å². The molecule has 238 valence electrons. The third kappa shape index (κ3) is 15.3. The molecule has 2 atom stereocenters. The first-order chi connectivity index (χ1) is 20.0. The zero-order valence-corrected chi connectivity index (χ0v) is 29.6. The van der Waals surface area contributed by atoms with E-state index in [1.165, 1.54) is 49.7 Å². The monoisotopic (exact) mass is 644 g/mol. The van der Waals surface area contributed by atoms with Crippen molar-refractivity contribution in [2.75, 3.05) is 31.8 Å². The summed E-state index contributed by atoms with van der Waals surface area (Å²) in [7, 11) is 0. The van der Waals surface area contributed by atoms with E-state index in [1.54, 1.807) is 0 Å². The van der Waals surface area contributed by atoms with Crippen molar-refractivity contribution >= 4 is 15.9 Å². The predicted octanol–water partition coefficient (Wildman–Crippen LogP) is 11.2. The van der Waals surface area contributed by atoms with Gasteiger partial charge in [-0.15, -0.1) is 0 Å². The van der Waals surface area contributed by atoms with E-state index in [0.717, 1.165) is 55.7 Å². The highest BCUT2D eigenvalue weighted by Crippen LogP contribution is 2.36. The Morgan fingerprint density at radius 3 is 1.90 bits per heavy atom. The zero-order valence-electron chi connectivity index (χ0n) is 28.0. The predicted molar refractivity (Wildman–Crippen MR) is 185 cm³/mol. The van der Waals surface area contributed by atoms with Crippen molar-refractivity contribution < 1.29 is 14.2 Å². The Bertz CT molecular complexity index is 946. The van der Waals surface area contributed by atoms with Gasteiger partial charge >= 0.3 is 0 Å². The number of ether oxygens (including phenoxy) is 3. The van der Waals surface area contributed by atoms with E-state index in [-0.39, 0.29) is 5.41 Å². The van der Waals surface area contributed by atoms with Gasteiger partial charge in [-0.3, -0.25) is 0 Å². The summed E-state index contributed by atoms with van der Waals surface area (Å²) in [6.45, 7) is 19.1. The molecule has 0 aliphatic heterocycles. The molecule has 0 heterocycles. The Morgan fingerprint density at radius 1 is 0.690 bits per heavy atom. The van der Waals surface area contributed by atoms with Gasteiger partial charge in [-0.05, 0) is 96.6 Å². The lowest BCUT2D eigenvalue weighted by Gasteiger charge is -2.33. The van der Waals surface area contributed by atoms with Crippen LogP contribution in [0.3, 0.4) is 0 Å². The minimum atomic E-state index is 0.151. The topological polar surface area (TPSA) is 27.7 Å². The molecule has 2 unspecified atom stereocenters. The normalized spacial score (nSPS) is 13.6. The molecule has 0 bridgehead atoms. The van der Waals surface area contributed by atoms with Crippen LogP contribution in [0, 0.1) is 17.3 Å². The highest BCUT2D eigenvalue weighted by molar-refractivity contribution is 9.09. The van der Waals surface area contributed by atoms with E-state index in [9.17, 15) is 0 Å². The van der Waals surface area contributed by atoms with Crippen LogP contribution >= 0.6 is 15.9 Å². The first-order valence-electron chi connectivity index (χ1n) is 16.6. The van der Waals surface area contributed by atoms with Crippen LogP contribution in [0.4, 0.5) is 0 Å². The van der Waals surface area contributed by atoms with Crippen LogP contribution in [0.15, 0.2) is 48.5 Å². The summed E-state index contributed by atoms with van der Waals surface area (Å²) in [5.41, 5.74) is 3.22. The third-order valence-electron chi connectivity index (χ3n) is 8.42.